The van der Waals surface area contributed by atoms with Crippen LogP contribution >= 0.6 is 0 Å². The Balaban J connectivity index is 1.95. The van der Waals surface area contributed by atoms with E-state index < -0.39 is 0 Å². The van der Waals surface area contributed by atoms with Crippen molar-refractivity contribution < 1.29 is 4.79 Å². The lowest BCUT2D eigenvalue weighted by Crippen LogP contribution is -2.22. The van der Waals surface area contributed by atoms with E-state index >= 15 is 0 Å². The lowest BCUT2D eigenvalue weighted by Gasteiger charge is -2.06. The standard InChI is InChI=1S/C14H16N4O/c1-10-2-3-11(8-16-10)9-17-14(19)12-4-6-13(18-15)7-5-12/h2-8,18H,9,15H2,1H3,(H,17,19). The number of benzene rings is 1. The van der Waals surface area contributed by atoms with Crippen LogP contribution in [0.5, 0.6) is 0 Å². The molecule has 0 spiro atoms. The topological polar surface area (TPSA) is 80.0 Å². The predicted octanol–water partition coefficient (Wildman–Crippen LogP) is 1.61. The molecule has 5 nitrogen and oxygen atoms in total. The van der Waals surface area contributed by atoms with Crippen molar-refractivity contribution in [3.05, 3.63) is 59.4 Å². The maximum absolute atomic E-state index is 11.9. The summed E-state index contributed by atoms with van der Waals surface area (Å²) in [6, 6.07) is 10.8. The molecule has 0 unspecified atom stereocenters. The molecule has 0 radical (unpaired) electrons. The number of nitrogens with zero attached hydrogens (tertiary/aromatic N) is 1. The fourth-order valence-electron chi connectivity index (χ4n) is 1.61. The number of pyridine rings is 1. The molecule has 0 saturated heterocycles. The molecule has 0 saturated carbocycles. The number of rotatable bonds is 4. The van der Waals surface area contributed by atoms with Crippen molar-refractivity contribution in [2.24, 2.45) is 5.84 Å². The minimum Gasteiger partial charge on any atom is -0.348 e. The van der Waals surface area contributed by atoms with Crippen molar-refractivity contribution in [3.8, 4) is 0 Å². The fraction of sp³-hybridized carbons (Fsp3) is 0.143. The van der Waals surface area contributed by atoms with Gasteiger partial charge in [-0.15, -0.1) is 0 Å². The van der Waals surface area contributed by atoms with Gasteiger partial charge in [0.25, 0.3) is 5.91 Å². The molecule has 4 N–H and O–H groups in total. The van der Waals surface area contributed by atoms with Gasteiger partial charge in [0.1, 0.15) is 0 Å². The second-order valence-electron chi connectivity index (χ2n) is 4.21. The highest BCUT2D eigenvalue weighted by atomic mass is 16.1. The molecular weight excluding hydrogens is 240 g/mol. The normalized spacial score (nSPS) is 10.0. The first-order chi connectivity index (χ1) is 9.19. The summed E-state index contributed by atoms with van der Waals surface area (Å²) in [5.41, 5.74) is 5.81. The van der Waals surface area contributed by atoms with Crippen LogP contribution < -0.4 is 16.6 Å². The molecule has 1 aromatic carbocycles. The first-order valence-corrected chi connectivity index (χ1v) is 5.95. The number of hydrogen-bond donors (Lipinski definition) is 3. The van der Waals surface area contributed by atoms with E-state index in [-0.39, 0.29) is 5.91 Å². The molecule has 0 aliphatic rings. The van der Waals surface area contributed by atoms with Crippen LogP contribution in [0.2, 0.25) is 0 Å². The lowest BCUT2D eigenvalue weighted by molar-refractivity contribution is 0.0951. The van der Waals surface area contributed by atoms with E-state index in [0.717, 1.165) is 16.9 Å². The molecule has 0 aliphatic carbocycles. The van der Waals surface area contributed by atoms with E-state index in [1.807, 2.05) is 19.1 Å². The summed E-state index contributed by atoms with van der Waals surface area (Å²) in [6.07, 6.45) is 1.76. The number of hydrazine groups is 1. The van der Waals surface area contributed by atoms with Gasteiger partial charge in [-0.05, 0) is 42.8 Å². The maximum Gasteiger partial charge on any atom is 0.251 e. The van der Waals surface area contributed by atoms with Crippen molar-refractivity contribution in [1.82, 2.24) is 10.3 Å². The summed E-state index contributed by atoms with van der Waals surface area (Å²) < 4.78 is 0. The van der Waals surface area contributed by atoms with Crippen LogP contribution in [0, 0.1) is 6.92 Å². The Hall–Kier alpha value is -2.40. The first-order valence-electron chi connectivity index (χ1n) is 5.95. The number of aromatic nitrogens is 1. The number of carbonyl (C=O) groups is 1. The number of carbonyl (C=O) groups excluding carboxylic acids is 1. The number of nitrogens with two attached hydrogens (primary N) is 1. The molecule has 2 rings (SSSR count). The number of hydrogen-bond acceptors (Lipinski definition) is 4. The van der Waals surface area contributed by atoms with E-state index in [1.54, 1.807) is 30.5 Å². The van der Waals surface area contributed by atoms with Gasteiger partial charge in [0.15, 0.2) is 0 Å². The van der Waals surface area contributed by atoms with Crippen molar-refractivity contribution in [3.63, 3.8) is 0 Å². The minimum absolute atomic E-state index is 0.121. The van der Waals surface area contributed by atoms with Gasteiger partial charge in [-0.25, -0.2) is 0 Å². The molecule has 0 atom stereocenters. The number of nitrogens with one attached hydrogen (secondary N) is 2. The summed E-state index contributed by atoms with van der Waals surface area (Å²) in [4.78, 5) is 16.1. The highest BCUT2D eigenvalue weighted by Gasteiger charge is 2.04. The van der Waals surface area contributed by atoms with Gasteiger partial charge in [-0.3, -0.25) is 15.6 Å². The SMILES string of the molecule is Cc1ccc(CNC(=O)c2ccc(NN)cc2)cn1. The van der Waals surface area contributed by atoms with Crippen molar-refractivity contribution >= 4 is 11.6 Å². The van der Waals surface area contributed by atoms with Crippen molar-refractivity contribution in [1.29, 1.82) is 0 Å². The van der Waals surface area contributed by atoms with Gasteiger partial charge in [0, 0.05) is 29.7 Å². The zero-order valence-corrected chi connectivity index (χ0v) is 10.7. The van der Waals surface area contributed by atoms with Gasteiger partial charge in [-0.2, -0.15) is 0 Å². The summed E-state index contributed by atoms with van der Waals surface area (Å²) in [5, 5.41) is 2.84. The maximum atomic E-state index is 11.9. The molecule has 5 heteroatoms. The van der Waals surface area contributed by atoms with Crippen LogP contribution in [-0.4, -0.2) is 10.9 Å². The third kappa shape index (κ3) is 3.53. The number of aryl methyl sites for hydroxylation is 1. The zero-order valence-electron chi connectivity index (χ0n) is 10.7. The Morgan fingerprint density at radius 1 is 1.21 bits per heavy atom. The Labute approximate surface area is 111 Å². The molecule has 0 fully saturated rings. The second kappa shape index (κ2) is 5.97. The zero-order chi connectivity index (χ0) is 13.7. The van der Waals surface area contributed by atoms with Crippen LogP contribution in [0.4, 0.5) is 5.69 Å². The molecule has 2 aromatic rings. The van der Waals surface area contributed by atoms with E-state index in [1.165, 1.54) is 0 Å². The average Bonchev–Trinajstić information content (AvgIpc) is 2.46. The summed E-state index contributed by atoms with van der Waals surface area (Å²) in [6.45, 7) is 2.39. The van der Waals surface area contributed by atoms with Gasteiger partial charge < -0.3 is 10.7 Å². The minimum atomic E-state index is -0.121. The lowest BCUT2D eigenvalue weighted by atomic mass is 10.2. The second-order valence-corrected chi connectivity index (χ2v) is 4.21. The third-order valence-electron chi connectivity index (χ3n) is 2.74. The van der Waals surface area contributed by atoms with E-state index in [9.17, 15) is 4.79 Å². The summed E-state index contributed by atoms with van der Waals surface area (Å²) >= 11 is 0. The third-order valence-corrected chi connectivity index (χ3v) is 2.74. The molecule has 0 bridgehead atoms. The van der Waals surface area contributed by atoms with Crippen molar-refractivity contribution in [2.75, 3.05) is 5.43 Å². The van der Waals surface area contributed by atoms with Crippen LogP contribution in [0.1, 0.15) is 21.6 Å². The number of anilines is 1. The molecular formula is C14H16N4O. The fourth-order valence-corrected chi connectivity index (χ4v) is 1.61. The monoisotopic (exact) mass is 256 g/mol. The average molecular weight is 256 g/mol. The first kappa shape index (κ1) is 13.0. The molecule has 1 amide bonds. The van der Waals surface area contributed by atoms with E-state index in [2.05, 4.69) is 15.7 Å². The van der Waals surface area contributed by atoms with Crippen molar-refractivity contribution in [2.45, 2.75) is 13.5 Å². The van der Waals surface area contributed by atoms with Gasteiger partial charge in [0.2, 0.25) is 0 Å². The highest BCUT2D eigenvalue weighted by Crippen LogP contribution is 2.08. The quantitative estimate of drug-likeness (QED) is 0.573. The van der Waals surface area contributed by atoms with Crippen LogP contribution in [0.25, 0.3) is 0 Å². The van der Waals surface area contributed by atoms with Gasteiger partial charge >= 0.3 is 0 Å². The smallest absolute Gasteiger partial charge is 0.251 e. The number of nitrogen functional groups attached to an aromatic ring is 1. The predicted molar refractivity (Wildman–Crippen MR) is 74.4 cm³/mol. The van der Waals surface area contributed by atoms with Gasteiger partial charge in [-0.1, -0.05) is 6.07 Å². The Kier molecular flexibility index (Phi) is 4.10. The molecule has 1 heterocycles. The van der Waals surface area contributed by atoms with Crippen LogP contribution in [0.15, 0.2) is 42.6 Å². The van der Waals surface area contributed by atoms with Crippen LogP contribution in [-0.2, 0) is 6.54 Å². The summed E-state index contributed by atoms with van der Waals surface area (Å²) in [5.74, 6) is 5.14. The molecule has 1 aromatic heterocycles. The van der Waals surface area contributed by atoms with Gasteiger partial charge in [0.05, 0.1) is 0 Å². The largest absolute Gasteiger partial charge is 0.348 e. The Morgan fingerprint density at radius 3 is 2.53 bits per heavy atom. The Bertz CT molecular complexity index is 549. The molecule has 0 aliphatic heterocycles. The summed E-state index contributed by atoms with van der Waals surface area (Å²) in [7, 11) is 0. The van der Waals surface area contributed by atoms with E-state index in [0.29, 0.717) is 12.1 Å². The molecule has 19 heavy (non-hydrogen) atoms. The highest BCUT2D eigenvalue weighted by molar-refractivity contribution is 5.94. The number of amides is 1. The Morgan fingerprint density at radius 2 is 1.95 bits per heavy atom. The molecule has 98 valence electrons. The van der Waals surface area contributed by atoms with Crippen LogP contribution in [0.3, 0.4) is 0 Å². The van der Waals surface area contributed by atoms with E-state index in [4.69, 9.17) is 5.84 Å².